The lowest BCUT2D eigenvalue weighted by Gasteiger charge is -2.27. The van der Waals surface area contributed by atoms with Crippen LogP contribution in [0.2, 0.25) is 0 Å². The zero-order valence-corrected chi connectivity index (χ0v) is 13.6. The van der Waals surface area contributed by atoms with Gasteiger partial charge < -0.3 is 10.4 Å². The summed E-state index contributed by atoms with van der Waals surface area (Å²) in [6.45, 7) is 0.478. The molecule has 0 radical (unpaired) electrons. The normalized spacial score (nSPS) is 16.5. The minimum atomic E-state index is -0.435. The minimum Gasteiger partial charge on any atom is -0.394 e. The van der Waals surface area contributed by atoms with E-state index < -0.39 is 5.82 Å². The van der Waals surface area contributed by atoms with Crippen molar-refractivity contribution in [2.75, 3.05) is 18.6 Å². The molecule has 1 atom stereocenters. The summed E-state index contributed by atoms with van der Waals surface area (Å²) in [5.74, 6) is -0.435. The van der Waals surface area contributed by atoms with Crippen LogP contribution in [0.1, 0.15) is 30.1 Å². The van der Waals surface area contributed by atoms with Gasteiger partial charge >= 0.3 is 6.03 Å². The Bertz CT molecular complexity index is 731. The number of carbonyl (C=O) groups is 1. The Morgan fingerprint density at radius 1 is 1.50 bits per heavy atom. The van der Waals surface area contributed by atoms with Crippen LogP contribution in [0.3, 0.4) is 0 Å². The summed E-state index contributed by atoms with van der Waals surface area (Å²) in [6.07, 6.45) is 4.37. The number of anilines is 1. The van der Waals surface area contributed by atoms with Crippen molar-refractivity contribution in [2.45, 2.75) is 31.8 Å². The first-order valence-corrected chi connectivity index (χ1v) is 8.06. The number of carbonyl (C=O) groups excluding carboxylic acids is 1. The molecule has 0 fully saturated rings. The Labute approximate surface area is 139 Å². The lowest BCUT2D eigenvalue weighted by atomic mass is 9.93. The number of aromatic nitrogens is 2. The smallest absolute Gasteiger partial charge is 0.322 e. The van der Waals surface area contributed by atoms with E-state index in [1.54, 1.807) is 36.1 Å². The molecule has 2 amide bonds. The van der Waals surface area contributed by atoms with Crippen LogP contribution >= 0.6 is 0 Å². The molecule has 7 heteroatoms. The molecule has 1 aliphatic rings. The SMILES string of the molecule is CN(C(=O)N[C@H]1CCCc2c1cnn2CCO)c1ccccc1F. The second kappa shape index (κ2) is 7.00. The van der Waals surface area contributed by atoms with Crippen LogP contribution in [-0.4, -0.2) is 34.6 Å². The van der Waals surface area contributed by atoms with Crippen LogP contribution < -0.4 is 10.2 Å². The summed E-state index contributed by atoms with van der Waals surface area (Å²) in [7, 11) is 1.55. The van der Waals surface area contributed by atoms with E-state index in [1.165, 1.54) is 11.0 Å². The number of para-hydroxylation sites is 1. The fourth-order valence-electron chi connectivity index (χ4n) is 3.14. The monoisotopic (exact) mass is 332 g/mol. The molecule has 24 heavy (non-hydrogen) atoms. The van der Waals surface area contributed by atoms with Crippen molar-refractivity contribution in [2.24, 2.45) is 0 Å². The molecule has 0 saturated carbocycles. The second-order valence-electron chi connectivity index (χ2n) is 5.90. The number of halogens is 1. The van der Waals surface area contributed by atoms with Gasteiger partial charge in [-0.15, -0.1) is 0 Å². The van der Waals surface area contributed by atoms with Gasteiger partial charge in [0.1, 0.15) is 5.82 Å². The number of urea groups is 1. The minimum absolute atomic E-state index is 0.0289. The highest BCUT2D eigenvalue weighted by Gasteiger charge is 2.27. The molecule has 0 bridgehead atoms. The first kappa shape index (κ1) is 16.4. The van der Waals surface area contributed by atoms with Gasteiger partial charge in [0, 0.05) is 18.3 Å². The maximum atomic E-state index is 13.8. The highest BCUT2D eigenvalue weighted by atomic mass is 19.1. The van der Waals surface area contributed by atoms with Crippen molar-refractivity contribution in [1.29, 1.82) is 0 Å². The van der Waals surface area contributed by atoms with Gasteiger partial charge in [-0.2, -0.15) is 5.10 Å². The Morgan fingerprint density at radius 2 is 2.29 bits per heavy atom. The molecule has 1 aromatic heterocycles. The van der Waals surface area contributed by atoms with Gasteiger partial charge in [-0.1, -0.05) is 12.1 Å². The van der Waals surface area contributed by atoms with Crippen molar-refractivity contribution < 1.29 is 14.3 Å². The van der Waals surface area contributed by atoms with E-state index >= 15 is 0 Å². The average Bonchev–Trinajstić information content (AvgIpc) is 2.99. The number of fused-ring (bicyclic) bond motifs is 1. The fourth-order valence-corrected chi connectivity index (χ4v) is 3.14. The highest BCUT2D eigenvalue weighted by molar-refractivity contribution is 5.91. The third kappa shape index (κ3) is 3.12. The molecule has 1 heterocycles. The molecule has 2 N–H and O–H groups in total. The Morgan fingerprint density at radius 3 is 3.04 bits per heavy atom. The first-order valence-electron chi connectivity index (χ1n) is 8.06. The number of rotatable bonds is 4. The van der Waals surface area contributed by atoms with Gasteiger partial charge in [-0.3, -0.25) is 9.58 Å². The van der Waals surface area contributed by atoms with Crippen LogP contribution in [0.25, 0.3) is 0 Å². The van der Waals surface area contributed by atoms with Crippen molar-refractivity contribution in [3.63, 3.8) is 0 Å². The zero-order valence-electron chi connectivity index (χ0n) is 13.6. The van der Waals surface area contributed by atoms with Crippen molar-refractivity contribution in [3.05, 3.63) is 47.5 Å². The van der Waals surface area contributed by atoms with Crippen LogP contribution in [0.15, 0.2) is 30.5 Å². The maximum absolute atomic E-state index is 13.8. The van der Waals surface area contributed by atoms with E-state index in [0.29, 0.717) is 6.54 Å². The Balaban J connectivity index is 1.75. The zero-order chi connectivity index (χ0) is 17.1. The van der Waals surface area contributed by atoms with Crippen molar-refractivity contribution in [3.8, 4) is 0 Å². The summed E-state index contributed by atoms with van der Waals surface area (Å²) in [4.78, 5) is 13.8. The number of aliphatic hydroxyl groups excluding tert-OH is 1. The Hall–Kier alpha value is -2.41. The topological polar surface area (TPSA) is 70.4 Å². The van der Waals surface area contributed by atoms with E-state index in [-0.39, 0.29) is 24.4 Å². The maximum Gasteiger partial charge on any atom is 0.322 e. The number of nitrogens with zero attached hydrogens (tertiary/aromatic N) is 3. The van der Waals surface area contributed by atoms with Gasteiger partial charge in [-0.05, 0) is 31.4 Å². The quantitative estimate of drug-likeness (QED) is 0.902. The molecule has 1 aliphatic carbocycles. The highest BCUT2D eigenvalue weighted by Crippen LogP contribution is 2.30. The molecule has 3 rings (SSSR count). The predicted octanol–water partition coefficient (Wildman–Crippen LogP) is 2.24. The molecule has 0 aliphatic heterocycles. The summed E-state index contributed by atoms with van der Waals surface area (Å²) in [5.41, 5.74) is 2.26. The summed E-state index contributed by atoms with van der Waals surface area (Å²) in [5, 5.41) is 16.4. The molecular formula is C17H21FN4O2. The lowest BCUT2D eigenvalue weighted by Crippen LogP contribution is -2.40. The number of hydrogen-bond donors (Lipinski definition) is 2. The molecule has 128 valence electrons. The largest absolute Gasteiger partial charge is 0.394 e. The van der Waals surface area contributed by atoms with Gasteiger partial charge in [-0.25, -0.2) is 9.18 Å². The summed E-state index contributed by atoms with van der Waals surface area (Å²) in [6, 6.07) is 5.68. The third-order valence-electron chi connectivity index (χ3n) is 4.39. The standard InChI is InChI=1S/C17H21FN4O2/c1-21(16-7-3-2-5-13(16)18)17(24)20-14-6-4-8-15-12(14)11-19-22(15)9-10-23/h2-3,5,7,11,14,23H,4,6,8-10H2,1H3,(H,20,24)/t14-/m0/s1. The van der Waals surface area contributed by atoms with E-state index in [9.17, 15) is 9.18 Å². The third-order valence-corrected chi connectivity index (χ3v) is 4.39. The van der Waals surface area contributed by atoms with E-state index in [1.807, 2.05) is 0 Å². The molecule has 0 spiro atoms. The van der Waals surface area contributed by atoms with Gasteiger partial charge in [0.2, 0.25) is 0 Å². The molecule has 1 aromatic carbocycles. The molecule has 2 aromatic rings. The van der Waals surface area contributed by atoms with Crippen LogP contribution in [0, 0.1) is 5.82 Å². The van der Waals surface area contributed by atoms with E-state index in [2.05, 4.69) is 10.4 Å². The number of aliphatic hydroxyl groups is 1. The molecular weight excluding hydrogens is 311 g/mol. The number of nitrogens with one attached hydrogen (secondary N) is 1. The van der Waals surface area contributed by atoms with Gasteiger partial charge in [0.05, 0.1) is 31.1 Å². The Kier molecular flexibility index (Phi) is 4.80. The van der Waals surface area contributed by atoms with Gasteiger partial charge in [0.25, 0.3) is 0 Å². The number of amides is 2. The molecule has 6 nitrogen and oxygen atoms in total. The van der Waals surface area contributed by atoms with Crippen LogP contribution in [0.4, 0.5) is 14.9 Å². The molecule has 0 saturated heterocycles. The first-order chi connectivity index (χ1) is 11.6. The summed E-state index contributed by atoms with van der Waals surface area (Å²) >= 11 is 0. The van der Waals surface area contributed by atoms with Crippen molar-refractivity contribution in [1.82, 2.24) is 15.1 Å². The molecule has 0 unspecified atom stereocenters. The fraction of sp³-hybridized carbons (Fsp3) is 0.412. The lowest BCUT2D eigenvalue weighted by molar-refractivity contribution is 0.241. The van der Waals surface area contributed by atoms with E-state index in [4.69, 9.17) is 5.11 Å². The van der Waals surface area contributed by atoms with Crippen LogP contribution in [-0.2, 0) is 13.0 Å². The number of hydrogen-bond acceptors (Lipinski definition) is 3. The summed E-state index contributed by atoms with van der Waals surface area (Å²) < 4.78 is 15.6. The second-order valence-corrected chi connectivity index (χ2v) is 5.90. The number of benzene rings is 1. The van der Waals surface area contributed by atoms with Gasteiger partial charge in [0.15, 0.2) is 0 Å². The van der Waals surface area contributed by atoms with Crippen LogP contribution in [0.5, 0.6) is 0 Å². The average molecular weight is 332 g/mol. The van der Waals surface area contributed by atoms with E-state index in [0.717, 1.165) is 30.5 Å². The van der Waals surface area contributed by atoms with Crippen molar-refractivity contribution >= 4 is 11.7 Å². The predicted molar refractivity (Wildman–Crippen MR) is 88.3 cm³/mol.